The van der Waals surface area contributed by atoms with E-state index in [9.17, 15) is 5.11 Å². The van der Waals surface area contributed by atoms with Gasteiger partial charge in [-0.25, -0.2) is 0 Å². The Morgan fingerprint density at radius 3 is 2.45 bits per heavy atom. The summed E-state index contributed by atoms with van der Waals surface area (Å²) in [6.45, 7) is 4.11. The number of nitrogens with zero attached hydrogens (tertiary/aromatic N) is 1. The molecule has 0 radical (unpaired) electrons. The molecule has 0 aliphatic carbocycles. The lowest BCUT2D eigenvalue weighted by Gasteiger charge is -2.23. The van der Waals surface area contributed by atoms with Crippen LogP contribution in [-0.2, 0) is 0 Å². The minimum atomic E-state index is 0.132. The van der Waals surface area contributed by atoms with Crippen LogP contribution < -0.4 is 10.2 Å². The van der Waals surface area contributed by atoms with Crippen LogP contribution in [0.4, 0.5) is 11.4 Å². The lowest BCUT2D eigenvalue weighted by atomic mass is 10.1. The summed E-state index contributed by atoms with van der Waals surface area (Å²) >= 11 is 0. The first kappa shape index (κ1) is 14.4. The molecule has 2 aromatic rings. The fourth-order valence-electron chi connectivity index (χ4n) is 2.34. The predicted molar refractivity (Wildman–Crippen MR) is 84.8 cm³/mol. The highest BCUT2D eigenvalue weighted by Crippen LogP contribution is 2.32. The molecule has 0 aliphatic rings. The first-order chi connectivity index (χ1) is 9.54. The van der Waals surface area contributed by atoms with E-state index in [2.05, 4.69) is 29.3 Å². The molecular formula is C17H22N2O. The highest BCUT2D eigenvalue weighted by atomic mass is 16.3. The van der Waals surface area contributed by atoms with Crippen molar-refractivity contribution in [3.63, 3.8) is 0 Å². The largest absolute Gasteiger partial charge is 0.508 e. The normalized spacial score (nSPS) is 12.2. The molecule has 3 heteroatoms. The average molecular weight is 270 g/mol. The number of rotatable bonds is 4. The van der Waals surface area contributed by atoms with E-state index in [1.54, 1.807) is 0 Å². The Morgan fingerprint density at radius 2 is 1.85 bits per heavy atom. The third-order valence-corrected chi connectivity index (χ3v) is 3.78. The maximum atomic E-state index is 10.2. The smallest absolute Gasteiger partial charge is 0.122 e. The summed E-state index contributed by atoms with van der Waals surface area (Å²) in [4.78, 5) is 2.09. The van der Waals surface area contributed by atoms with Crippen molar-refractivity contribution < 1.29 is 5.11 Å². The molecule has 2 N–H and O–H groups in total. The zero-order valence-electron chi connectivity index (χ0n) is 12.5. The van der Waals surface area contributed by atoms with Crippen LogP contribution in [0.15, 0.2) is 42.5 Å². The van der Waals surface area contributed by atoms with Gasteiger partial charge < -0.3 is 15.3 Å². The first-order valence-electron chi connectivity index (χ1n) is 6.84. The minimum Gasteiger partial charge on any atom is -0.508 e. The van der Waals surface area contributed by atoms with Gasteiger partial charge in [-0.15, -0.1) is 0 Å². The zero-order valence-corrected chi connectivity index (χ0v) is 12.5. The third-order valence-electron chi connectivity index (χ3n) is 3.78. The van der Waals surface area contributed by atoms with E-state index in [1.807, 2.05) is 51.4 Å². The number of benzene rings is 2. The van der Waals surface area contributed by atoms with Crippen molar-refractivity contribution in [3.8, 4) is 5.75 Å². The highest BCUT2D eigenvalue weighted by Gasteiger charge is 2.12. The molecule has 106 valence electrons. The number of aryl methyl sites for hydroxylation is 1. The summed E-state index contributed by atoms with van der Waals surface area (Å²) in [5.41, 5.74) is 4.24. The molecule has 2 aromatic carbocycles. The number of phenolic OH excluding ortho intramolecular Hbond substituents is 1. The molecule has 1 atom stereocenters. The van der Waals surface area contributed by atoms with Crippen molar-refractivity contribution in [2.75, 3.05) is 19.0 Å². The Labute approximate surface area is 120 Å². The number of aromatic hydroxyl groups is 1. The summed E-state index contributed by atoms with van der Waals surface area (Å²) in [6.07, 6.45) is 0. The maximum absolute atomic E-state index is 10.2. The fourth-order valence-corrected chi connectivity index (χ4v) is 2.34. The van der Waals surface area contributed by atoms with Gasteiger partial charge in [0.25, 0.3) is 0 Å². The van der Waals surface area contributed by atoms with Crippen molar-refractivity contribution in [2.45, 2.75) is 19.9 Å². The molecule has 2 rings (SSSR count). The number of nitrogens with one attached hydrogen (secondary N) is 1. The Morgan fingerprint density at radius 1 is 1.15 bits per heavy atom. The predicted octanol–water partition coefficient (Wildman–Crippen LogP) is 3.75. The van der Waals surface area contributed by atoms with E-state index in [4.69, 9.17) is 0 Å². The van der Waals surface area contributed by atoms with Crippen molar-refractivity contribution >= 4 is 11.4 Å². The second-order valence-electron chi connectivity index (χ2n) is 5.10. The summed E-state index contributed by atoms with van der Waals surface area (Å²) in [5, 5.41) is 13.3. The fraction of sp³-hybridized carbons (Fsp3) is 0.294. The van der Waals surface area contributed by atoms with E-state index in [-0.39, 0.29) is 6.04 Å². The zero-order chi connectivity index (χ0) is 14.7. The molecule has 0 aliphatic heterocycles. The van der Waals surface area contributed by atoms with Crippen molar-refractivity contribution in [2.24, 2.45) is 0 Å². The van der Waals surface area contributed by atoms with Gasteiger partial charge in [-0.05, 0) is 38.6 Å². The first-order valence-corrected chi connectivity index (χ1v) is 6.84. The molecule has 0 amide bonds. The summed E-state index contributed by atoms with van der Waals surface area (Å²) in [5.74, 6) is 0.324. The number of hydrogen-bond donors (Lipinski definition) is 2. The lowest BCUT2D eigenvalue weighted by molar-refractivity contribution is 0.458. The van der Waals surface area contributed by atoms with Crippen LogP contribution in [-0.4, -0.2) is 19.2 Å². The average Bonchev–Trinajstić information content (AvgIpc) is 2.46. The molecule has 0 saturated heterocycles. The Kier molecular flexibility index (Phi) is 4.30. The molecule has 20 heavy (non-hydrogen) atoms. The number of anilines is 2. The number of hydrogen-bond acceptors (Lipinski definition) is 3. The van der Waals surface area contributed by atoms with Crippen LogP contribution in [0.5, 0.6) is 5.75 Å². The molecular weight excluding hydrogens is 248 g/mol. The second kappa shape index (κ2) is 5.97. The van der Waals surface area contributed by atoms with Crippen LogP contribution in [0.3, 0.4) is 0 Å². The Balaban J connectivity index is 2.35. The molecule has 0 fully saturated rings. The number of phenols is 1. The molecule has 0 aromatic heterocycles. The standard InChI is InChI=1S/C17H22N2O/c1-12-7-5-6-8-16(12)19(4)14-9-10-15(13(2)18-3)17(20)11-14/h5-11,13,18,20H,1-4H3. The van der Waals surface area contributed by atoms with E-state index < -0.39 is 0 Å². The van der Waals surface area contributed by atoms with Gasteiger partial charge >= 0.3 is 0 Å². The van der Waals surface area contributed by atoms with Gasteiger partial charge in [0.1, 0.15) is 5.75 Å². The van der Waals surface area contributed by atoms with E-state index >= 15 is 0 Å². The van der Waals surface area contributed by atoms with Crippen LogP contribution >= 0.6 is 0 Å². The van der Waals surface area contributed by atoms with E-state index in [0.717, 1.165) is 16.9 Å². The minimum absolute atomic E-state index is 0.132. The highest BCUT2D eigenvalue weighted by molar-refractivity contribution is 5.67. The van der Waals surface area contributed by atoms with E-state index in [0.29, 0.717) is 5.75 Å². The molecule has 0 saturated carbocycles. The van der Waals surface area contributed by atoms with E-state index in [1.165, 1.54) is 5.56 Å². The molecule has 3 nitrogen and oxygen atoms in total. The second-order valence-corrected chi connectivity index (χ2v) is 5.10. The van der Waals surface area contributed by atoms with Gasteiger partial charge in [0.2, 0.25) is 0 Å². The van der Waals surface area contributed by atoms with Crippen LogP contribution in [0.2, 0.25) is 0 Å². The van der Waals surface area contributed by atoms with Crippen molar-refractivity contribution in [1.82, 2.24) is 5.32 Å². The van der Waals surface area contributed by atoms with Gasteiger partial charge in [-0.3, -0.25) is 0 Å². The molecule has 0 heterocycles. The van der Waals surface area contributed by atoms with Gasteiger partial charge in [0.05, 0.1) is 0 Å². The van der Waals surface area contributed by atoms with Crippen molar-refractivity contribution in [3.05, 3.63) is 53.6 Å². The maximum Gasteiger partial charge on any atom is 0.122 e. The quantitative estimate of drug-likeness (QED) is 0.888. The number of para-hydroxylation sites is 1. The summed E-state index contributed by atoms with van der Waals surface area (Å²) < 4.78 is 0. The van der Waals surface area contributed by atoms with Crippen LogP contribution in [0.25, 0.3) is 0 Å². The lowest BCUT2D eigenvalue weighted by Crippen LogP contribution is -2.14. The summed E-state index contributed by atoms with van der Waals surface area (Å²) in [7, 11) is 3.90. The van der Waals surface area contributed by atoms with Gasteiger partial charge in [0, 0.05) is 36.1 Å². The van der Waals surface area contributed by atoms with Gasteiger partial charge in [0.15, 0.2) is 0 Å². The van der Waals surface area contributed by atoms with Crippen molar-refractivity contribution in [1.29, 1.82) is 0 Å². The monoisotopic (exact) mass is 270 g/mol. The van der Waals surface area contributed by atoms with Gasteiger partial charge in [-0.2, -0.15) is 0 Å². The Hall–Kier alpha value is -2.00. The molecule has 1 unspecified atom stereocenters. The van der Waals surface area contributed by atoms with Gasteiger partial charge in [-0.1, -0.05) is 24.3 Å². The summed E-state index contributed by atoms with van der Waals surface area (Å²) in [6, 6.07) is 14.2. The Bertz CT molecular complexity index is 595. The van der Waals surface area contributed by atoms with Crippen LogP contribution in [0.1, 0.15) is 24.1 Å². The topological polar surface area (TPSA) is 35.5 Å². The molecule has 0 bridgehead atoms. The molecule has 0 spiro atoms. The third kappa shape index (κ3) is 2.78. The van der Waals surface area contributed by atoms with Crippen LogP contribution in [0, 0.1) is 6.92 Å². The SMILES string of the molecule is CNC(C)c1ccc(N(C)c2ccccc2C)cc1O.